The van der Waals surface area contributed by atoms with Crippen LogP contribution < -0.4 is 0 Å². The maximum absolute atomic E-state index is 9.59. The number of carbonyl (C=O) groups is 1. The summed E-state index contributed by atoms with van der Waals surface area (Å²) < 4.78 is 9.04. The van der Waals surface area contributed by atoms with Crippen molar-refractivity contribution >= 4 is 6.16 Å². The third-order valence-electron chi connectivity index (χ3n) is 0.670. The topological polar surface area (TPSA) is 55.8 Å². The summed E-state index contributed by atoms with van der Waals surface area (Å²) in [7, 11) is 0. The summed E-state index contributed by atoms with van der Waals surface area (Å²) in [4.78, 5) is 9.59. The van der Waals surface area contributed by atoms with Gasteiger partial charge in [-0.15, -0.1) is 0 Å². The Labute approximate surface area is 83.3 Å². The summed E-state index contributed by atoms with van der Waals surface area (Å²) in [6.07, 6.45) is -0.998. The van der Waals surface area contributed by atoms with E-state index in [0.29, 0.717) is 6.10 Å². The van der Waals surface area contributed by atoms with Crippen LogP contribution in [0.3, 0.4) is 0 Å². The predicted molar refractivity (Wildman–Crippen MR) is 40.5 cm³/mol. The van der Waals surface area contributed by atoms with E-state index in [1.54, 1.807) is 13.8 Å². The maximum atomic E-state index is 9.59. The van der Waals surface area contributed by atoms with Crippen LogP contribution in [0.25, 0.3) is 0 Å². The molecular formula is C7H15O4Zn. The minimum absolute atomic E-state index is 0.225. The molecule has 0 amide bonds. The number of ether oxygens (including phenoxy) is 1. The molecule has 0 radical (unpaired) electrons. The fraction of sp³-hybridized carbons (Fsp3) is 0.857. The van der Waals surface area contributed by atoms with Gasteiger partial charge in [0.25, 0.3) is 0 Å². The molecule has 5 heteroatoms. The van der Waals surface area contributed by atoms with Crippen LogP contribution in [0.5, 0.6) is 0 Å². The van der Waals surface area contributed by atoms with Crippen molar-refractivity contribution in [3.63, 3.8) is 0 Å². The first-order valence-electron chi connectivity index (χ1n) is 3.70. The van der Waals surface area contributed by atoms with Gasteiger partial charge in [0.15, 0.2) is 0 Å². The molecule has 0 atom stereocenters. The summed E-state index contributed by atoms with van der Waals surface area (Å²) in [5.74, 6) is 0. The van der Waals surface area contributed by atoms with E-state index >= 15 is 0 Å². The molecule has 4 nitrogen and oxygen atoms in total. The van der Waals surface area contributed by atoms with Crippen molar-refractivity contribution in [2.45, 2.75) is 39.9 Å². The third kappa shape index (κ3) is 22.5. The zero-order valence-corrected chi connectivity index (χ0v) is 11.0. The standard InChI is InChI=1S/C4H8O3.C3H7O.Zn/c1-3(2)7-4(5)6;1-3(2)4;/h3H,1-2H3,(H,5,6);3H,1-2H3;/q;-1;+1. The van der Waals surface area contributed by atoms with Crippen molar-refractivity contribution in [1.82, 2.24) is 0 Å². The van der Waals surface area contributed by atoms with Crippen LogP contribution in [0.15, 0.2) is 0 Å². The van der Waals surface area contributed by atoms with Gasteiger partial charge in [-0.05, 0) is 13.8 Å². The van der Waals surface area contributed by atoms with E-state index in [1.165, 1.54) is 0 Å². The Morgan fingerprint density at radius 1 is 1.25 bits per heavy atom. The van der Waals surface area contributed by atoms with Gasteiger partial charge in [-0.2, -0.15) is 0 Å². The molecule has 69 valence electrons. The first-order chi connectivity index (χ1) is 5.40. The number of rotatable bonds is 2. The Balaban J connectivity index is 0. The van der Waals surface area contributed by atoms with Crippen molar-refractivity contribution in [1.29, 1.82) is 0 Å². The number of carboxylic acid groups (broad SMARTS) is 1. The van der Waals surface area contributed by atoms with E-state index in [4.69, 9.17) is 8.67 Å². The van der Waals surface area contributed by atoms with Crippen LogP contribution in [-0.4, -0.2) is 23.5 Å². The normalized spacial score (nSPS) is 9.33. The zero-order valence-electron chi connectivity index (χ0n) is 8.03. The molecule has 0 rings (SSSR count). The summed E-state index contributed by atoms with van der Waals surface area (Å²) in [5.41, 5.74) is 0. The SMILES string of the molecule is CC(C)OC(=O)O.CC(C)[O][Zn]. The molecule has 0 spiro atoms. The quantitative estimate of drug-likeness (QED) is 0.580. The molecule has 0 saturated heterocycles. The Hall–Kier alpha value is -0.147. The van der Waals surface area contributed by atoms with E-state index in [-0.39, 0.29) is 6.10 Å². The molecule has 0 aliphatic carbocycles. The Bertz CT molecular complexity index is 114. The molecule has 0 fully saturated rings. The third-order valence-corrected chi connectivity index (χ3v) is 2.07. The number of hydrogen-bond acceptors (Lipinski definition) is 3. The first-order valence-corrected chi connectivity index (χ1v) is 4.91. The van der Waals surface area contributed by atoms with Gasteiger partial charge in [-0.25, -0.2) is 4.79 Å². The molecule has 0 bridgehead atoms. The molecule has 0 unspecified atom stereocenters. The van der Waals surface area contributed by atoms with Gasteiger partial charge in [-0.3, -0.25) is 0 Å². The Morgan fingerprint density at radius 3 is 1.58 bits per heavy atom. The van der Waals surface area contributed by atoms with Gasteiger partial charge in [-0.1, -0.05) is 0 Å². The average Bonchev–Trinajstić information content (AvgIpc) is 1.85. The predicted octanol–water partition coefficient (Wildman–Crippen LogP) is 1.96. The summed E-state index contributed by atoms with van der Waals surface area (Å²) in [6, 6.07) is 0. The molecule has 0 aromatic carbocycles. The molecule has 12 heavy (non-hydrogen) atoms. The van der Waals surface area contributed by atoms with Crippen LogP contribution in [0.1, 0.15) is 27.7 Å². The first kappa shape index (κ1) is 14.4. The molecule has 0 heterocycles. The van der Waals surface area contributed by atoms with Crippen molar-refractivity contribution in [2.24, 2.45) is 0 Å². The summed E-state index contributed by atoms with van der Waals surface area (Å²) >= 11 is 0.956. The van der Waals surface area contributed by atoms with Crippen LogP contribution in [0.2, 0.25) is 0 Å². The van der Waals surface area contributed by atoms with Crippen LogP contribution in [0, 0.1) is 0 Å². The monoisotopic (exact) mass is 227 g/mol. The van der Waals surface area contributed by atoms with Gasteiger partial charge < -0.3 is 9.84 Å². The van der Waals surface area contributed by atoms with Crippen LogP contribution >= 0.6 is 0 Å². The van der Waals surface area contributed by atoms with Crippen LogP contribution in [-0.2, 0) is 27.0 Å². The average molecular weight is 229 g/mol. The molecule has 0 aliphatic heterocycles. The van der Waals surface area contributed by atoms with Crippen LogP contribution in [0.4, 0.5) is 4.79 Å². The Morgan fingerprint density at radius 2 is 1.58 bits per heavy atom. The fourth-order valence-electron chi connectivity index (χ4n) is 0.202. The molecule has 0 aliphatic rings. The molecular weight excluding hydrogens is 213 g/mol. The summed E-state index contributed by atoms with van der Waals surface area (Å²) in [6.45, 7) is 7.38. The van der Waals surface area contributed by atoms with Gasteiger partial charge in [0.05, 0.1) is 6.10 Å². The second-order valence-electron chi connectivity index (χ2n) is 2.65. The van der Waals surface area contributed by atoms with E-state index < -0.39 is 6.16 Å². The van der Waals surface area contributed by atoms with E-state index in [1.807, 2.05) is 13.8 Å². The van der Waals surface area contributed by atoms with E-state index in [9.17, 15) is 4.79 Å². The second kappa shape index (κ2) is 8.95. The molecule has 0 saturated carbocycles. The molecule has 1 N–H and O–H groups in total. The van der Waals surface area contributed by atoms with Gasteiger partial charge >= 0.3 is 48.3 Å². The second-order valence-corrected chi connectivity index (χ2v) is 3.35. The zero-order chi connectivity index (χ0) is 10.1. The van der Waals surface area contributed by atoms with Crippen molar-refractivity contribution in [2.75, 3.05) is 0 Å². The van der Waals surface area contributed by atoms with Crippen molar-refractivity contribution in [3.05, 3.63) is 0 Å². The Kier molecular flexibility index (Phi) is 10.7. The van der Waals surface area contributed by atoms with Crippen molar-refractivity contribution in [3.8, 4) is 0 Å². The van der Waals surface area contributed by atoms with Crippen molar-refractivity contribution < 1.29 is 36.9 Å². The van der Waals surface area contributed by atoms with E-state index in [0.717, 1.165) is 18.7 Å². The van der Waals surface area contributed by atoms with Gasteiger partial charge in [0.2, 0.25) is 0 Å². The van der Waals surface area contributed by atoms with Gasteiger partial charge in [0, 0.05) is 0 Å². The molecule has 0 aromatic rings. The number of hydrogen-bond donors (Lipinski definition) is 1. The fourth-order valence-corrected chi connectivity index (χ4v) is 0.202. The van der Waals surface area contributed by atoms with E-state index in [2.05, 4.69) is 4.74 Å². The van der Waals surface area contributed by atoms with Gasteiger partial charge in [0.1, 0.15) is 0 Å². The summed E-state index contributed by atoms with van der Waals surface area (Å²) in [5, 5.41) is 7.86. The molecule has 0 aromatic heterocycles. The minimum atomic E-state index is -1.21.